The minimum atomic E-state index is -0.190. The fraction of sp³-hybridized carbons (Fsp3) is 0.154. The van der Waals surface area contributed by atoms with E-state index in [1.807, 2.05) is 6.92 Å². The van der Waals surface area contributed by atoms with Crippen molar-refractivity contribution in [1.29, 1.82) is 0 Å². The van der Waals surface area contributed by atoms with Gasteiger partial charge in [0.2, 0.25) is 5.78 Å². The van der Waals surface area contributed by atoms with Crippen molar-refractivity contribution in [2.24, 2.45) is 0 Å². The van der Waals surface area contributed by atoms with E-state index in [1.165, 1.54) is 6.26 Å². The first-order valence-corrected chi connectivity index (χ1v) is 5.50. The third-order valence-electron chi connectivity index (χ3n) is 2.29. The van der Waals surface area contributed by atoms with Crippen molar-refractivity contribution in [2.75, 3.05) is 6.61 Å². The number of furan rings is 1. The van der Waals surface area contributed by atoms with Gasteiger partial charge in [0.15, 0.2) is 12.4 Å². The molecule has 2 aromatic rings. The summed E-state index contributed by atoms with van der Waals surface area (Å²) < 4.78 is 10.4. The summed E-state index contributed by atoms with van der Waals surface area (Å²) in [6.07, 6.45) is 1.46. The first kappa shape index (κ1) is 11.7. The lowest BCUT2D eigenvalue weighted by atomic mass is 10.2. The average Bonchev–Trinajstić information content (AvgIpc) is 2.81. The highest BCUT2D eigenvalue weighted by Gasteiger charge is 2.10. The lowest BCUT2D eigenvalue weighted by molar-refractivity contribution is 0.0893. The molecule has 1 aromatic heterocycles. The summed E-state index contributed by atoms with van der Waals surface area (Å²) in [7, 11) is 0. The van der Waals surface area contributed by atoms with E-state index in [2.05, 4.69) is 0 Å². The minimum absolute atomic E-state index is 0.0456. The van der Waals surface area contributed by atoms with E-state index in [0.29, 0.717) is 16.5 Å². The normalized spacial score (nSPS) is 10.2. The summed E-state index contributed by atoms with van der Waals surface area (Å²) in [4.78, 5) is 11.6. The monoisotopic (exact) mass is 250 g/mol. The molecular formula is C13H11ClO3. The highest BCUT2D eigenvalue weighted by molar-refractivity contribution is 6.30. The van der Waals surface area contributed by atoms with Crippen LogP contribution < -0.4 is 4.74 Å². The highest BCUT2D eigenvalue weighted by Crippen LogP contribution is 2.21. The average molecular weight is 251 g/mol. The summed E-state index contributed by atoms with van der Waals surface area (Å²) in [6.45, 7) is 1.83. The molecule has 0 saturated carbocycles. The van der Waals surface area contributed by atoms with Crippen LogP contribution in [0.2, 0.25) is 5.02 Å². The Balaban J connectivity index is 2.01. The van der Waals surface area contributed by atoms with Gasteiger partial charge >= 0.3 is 0 Å². The van der Waals surface area contributed by atoms with Crippen LogP contribution in [-0.4, -0.2) is 12.4 Å². The molecule has 0 radical (unpaired) electrons. The van der Waals surface area contributed by atoms with Gasteiger partial charge < -0.3 is 9.15 Å². The highest BCUT2D eigenvalue weighted by atomic mass is 35.5. The van der Waals surface area contributed by atoms with E-state index in [9.17, 15) is 4.79 Å². The molecule has 0 fully saturated rings. The molecule has 0 aliphatic carbocycles. The van der Waals surface area contributed by atoms with Crippen molar-refractivity contribution < 1.29 is 13.9 Å². The molecule has 0 spiro atoms. The number of carbonyl (C=O) groups is 1. The quantitative estimate of drug-likeness (QED) is 0.780. The van der Waals surface area contributed by atoms with Crippen molar-refractivity contribution in [3.8, 4) is 5.75 Å². The van der Waals surface area contributed by atoms with Crippen LogP contribution in [0.25, 0.3) is 0 Å². The van der Waals surface area contributed by atoms with Crippen molar-refractivity contribution in [2.45, 2.75) is 6.92 Å². The van der Waals surface area contributed by atoms with Crippen molar-refractivity contribution in [3.63, 3.8) is 0 Å². The smallest absolute Gasteiger partial charge is 0.235 e. The molecular weight excluding hydrogens is 240 g/mol. The van der Waals surface area contributed by atoms with Crippen LogP contribution >= 0.6 is 11.6 Å². The number of ketones is 1. The van der Waals surface area contributed by atoms with Gasteiger partial charge in [0.05, 0.1) is 6.26 Å². The lowest BCUT2D eigenvalue weighted by Gasteiger charge is -2.07. The molecule has 0 unspecified atom stereocenters. The summed E-state index contributed by atoms with van der Waals surface area (Å²) in [6, 6.07) is 8.53. The Morgan fingerprint density at radius 2 is 2.24 bits per heavy atom. The standard InChI is InChI=1S/C13H11ClO3/c1-9-7-10(14)4-5-12(9)17-8-11(15)13-3-2-6-16-13/h2-7H,8H2,1H3. The topological polar surface area (TPSA) is 39.4 Å². The molecule has 1 heterocycles. The predicted molar refractivity (Wildman–Crippen MR) is 64.7 cm³/mol. The molecule has 0 aliphatic heterocycles. The molecule has 17 heavy (non-hydrogen) atoms. The number of aryl methyl sites for hydroxylation is 1. The maximum atomic E-state index is 11.6. The number of halogens is 1. The van der Waals surface area contributed by atoms with E-state index in [1.54, 1.807) is 30.3 Å². The van der Waals surface area contributed by atoms with Crippen molar-refractivity contribution in [1.82, 2.24) is 0 Å². The summed E-state index contributed by atoms with van der Waals surface area (Å²) in [5.41, 5.74) is 0.893. The van der Waals surface area contributed by atoms with Gasteiger partial charge in [-0.05, 0) is 42.8 Å². The van der Waals surface area contributed by atoms with Crippen LogP contribution in [0.15, 0.2) is 41.0 Å². The van der Waals surface area contributed by atoms with Gasteiger partial charge in [-0.1, -0.05) is 11.6 Å². The Kier molecular flexibility index (Phi) is 3.49. The van der Waals surface area contributed by atoms with E-state index in [4.69, 9.17) is 20.8 Å². The molecule has 0 saturated heterocycles. The molecule has 0 N–H and O–H groups in total. The zero-order chi connectivity index (χ0) is 12.3. The van der Waals surface area contributed by atoms with Gasteiger partial charge in [0.1, 0.15) is 5.75 Å². The molecule has 0 amide bonds. The maximum Gasteiger partial charge on any atom is 0.235 e. The van der Waals surface area contributed by atoms with E-state index < -0.39 is 0 Å². The maximum absolute atomic E-state index is 11.6. The Bertz CT molecular complexity index is 517. The Morgan fingerprint density at radius 3 is 2.88 bits per heavy atom. The third-order valence-corrected chi connectivity index (χ3v) is 2.53. The van der Waals surface area contributed by atoms with Gasteiger partial charge in [0.25, 0.3) is 0 Å². The second-order valence-corrected chi connectivity index (χ2v) is 4.04. The van der Waals surface area contributed by atoms with Crippen LogP contribution in [0.3, 0.4) is 0 Å². The number of carbonyl (C=O) groups excluding carboxylic acids is 1. The number of Topliss-reactive ketones (excluding diaryl/α,β-unsaturated/α-hetero) is 1. The summed E-state index contributed by atoms with van der Waals surface area (Å²) in [5.74, 6) is 0.760. The summed E-state index contributed by atoms with van der Waals surface area (Å²) >= 11 is 5.82. The zero-order valence-corrected chi connectivity index (χ0v) is 10.0. The van der Waals surface area contributed by atoms with Crippen molar-refractivity contribution >= 4 is 17.4 Å². The second kappa shape index (κ2) is 5.06. The predicted octanol–water partition coefficient (Wildman–Crippen LogP) is 3.50. The van der Waals surface area contributed by atoms with Crippen LogP contribution in [0.5, 0.6) is 5.75 Å². The number of hydrogen-bond donors (Lipinski definition) is 0. The molecule has 88 valence electrons. The molecule has 3 nitrogen and oxygen atoms in total. The van der Waals surface area contributed by atoms with Gasteiger partial charge in [-0.3, -0.25) is 4.79 Å². The Hall–Kier alpha value is -1.74. The Labute approximate surface area is 104 Å². The number of rotatable bonds is 4. The first-order chi connectivity index (χ1) is 8.16. The van der Waals surface area contributed by atoms with Gasteiger partial charge in [-0.2, -0.15) is 0 Å². The molecule has 1 aromatic carbocycles. The second-order valence-electron chi connectivity index (χ2n) is 3.60. The first-order valence-electron chi connectivity index (χ1n) is 5.12. The van der Waals surface area contributed by atoms with Crippen LogP contribution in [0.4, 0.5) is 0 Å². The number of benzene rings is 1. The number of hydrogen-bond acceptors (Lipinski definition) is 3. The van der Waals surface area contributed by atoms with Gasteiger partial charge in [-0.25, -0.2) is 0 Å². The van der Waals surface area contributed by atoms with Gasteiger partial charge in [-0.15, -0.1) is 0 Å². The summed E-state index contributed by atoms with van der Waals surface area (Å²) in [5, 5.41) is 0.646. The largest absolute Gasteiger partial charge is 0.485 e. The van der Waals surface area contributed by atoms with E-state index >= 15 is 0 Å². The van der Waals surface area contributed by atoms with E-state index in [-0.39, 0.29) is 12.4 Å². The van der Waals surface area contributed by atoms with Crippen LogP contribution in [-0.2, 0) is 0 Å². The van der Waals surface area contributed by atoms with Crippen molar-refractivity contribution in [3.05, 3.63) is 52.9 Å². The van der Waals surface area contributed by atoms with Crippen LogP contribution in [0, 0.1) is 6.92 Å². The SMILES string of the molecule is Cc1cc(Cl)ccc1OCC(=O)c1ccco1. The fourth-order valence-corrected chi connectivity index (χ4v) is 1.65. The fourth-order valence-electron chi connectivity index (χ4n) is 1.43. The van der Waals surface area contributed by atoms with Crippen LogP contribution in [0.1, 0.15) is 16.1 Å². The third kappa shape index (κ3) is 2.88. The zero-order valence-electron chi connectivity index (χ0n) is 9.27. The molecule has 0 aliphatic rings. The molecule has 0 atom stereocenters. The molecule has 4 heteroatoms. The van der Waals surface area contributed by atoms with Gasteiger partial charge in [0, 0.05) is 5.02 Å². The minimum Gasteiger partial charge on any atom is -0.485 e. The number of ether oxygens (including phenoxy) is 1. The Morgan fingerprint density at radius 1 is 1.41 bits per heavy atom. The molecule has 2 rings (SSSR count). The molecule has 0 bridgehead atoms. The van der Waals surface area contributed by atoms with E-state index in [0.717, 1.165) is 5.56 Å². The lowest BCUT2D eigenvalue weighted by Crippen LogP contribution is -2.11.